The fraction of sp³-hybridized carbons (Fsp3) is 0.263. The molecule has 0 aliphatic carbocycles. The van der Waals surface area contributed by atoms with E-state index in [0.717, 1.165) is 21.7 Å². The summed E-state index contributed by atoms with van der Waals surface area (Å²) in [6, 6.07) is 13.2. The molecule has 2 aromatic rings. The van der Waals surface area contributed by atoms with Crippen LogP contribution in [-0.4, -0.2) is 24.2 Å². The Balaban J connectivity index is 2.23. The van der Waals surface area contributed by atoms with Crippen LogP contribution in [0.25, 0.3) is 0 Å². The molecule has 5 heteroatoms. The number of thioether (sulfide) groups is 1. The highest BCUT2D eigenvalue weighted by molar-refractivity contribution is 8.00. The Labute approximate surface area is 146 Å². The third kappa shape index (κ3) is 4.38. The lowest BCUT2D eigenvalue weighted by Crippen LogP contribution is -2.17. The van der Waals surface area contributed by atoms with Gasteiger partial charge < -0.3 is 10.1 Å². The third-order valence-electron chi connectivity index (χ3n) is 3.61. The maximum Gasteiger partial charge on any atom is 0.318 e. The van der Waals surface area contributed by atoms with Gasteiger partial charge in [-0.15, -0.1) is 11.8 Å². The third-order valence-corrected chi connectivity index (χ3v) is 4.77. The van der Waals surface area contributed by atoms with Gasteiger partial charge in [0, 0.05) is 10.6 Å². The van der Waals surface area contributed by atoms with E-state index in [0.29, 0.717) is 5.56 Å². The molecule has 0 fully saturated rings. The highest BCUT2D eigenvalue weighted by Gasteiger charge is 2.19. The number of anilines is 1. The molecule has 24 heavy (non-hydrogen) atoms. The zero-order chi connectivity index (χ0) is 17.7. The van der Waals surface area contributed by atoms with Crippen molar-refractivity contribution < 1.29 is 14.3 Å². The highest BCUT2D eigenvalue weighted by Crippen LogP contribution is 2.28. The molecule has 126 valence electrons. The van der Waals surface area contributed by atoms with Crippen LogP contribution in [0.1, 0.15) is 28.4 Å². The number of esters is 1. The van der Waals surface area contributed by atoms with E-state index in [4.69, 9.17) is 4.74 Å². The van der Waals surface area contributed by atoms with Gasteiger partial charge in [0.25, 0.3) is 5.91 Å². The normalized spacial score (nSPS) is 11.7. The Hall–Kier alpha value is -2.27. The molecule has 0 aliphatic heterocycles. The summed E-state index contributed by atoms with van der Waals surface area (Å²) in [6.45, 7) is 5.70. The molecule has 1 amide bonds. The summed E-state index contributed by atoms with van der Waals surface area (Å²) in [5, 5.41) is 2.57. The lowest BCUT2D eigenvalue weighted by Gasteiger charge is -2.14. The standard InChI is InChI=1S/C19H21NO3S/c1-12-9-10-13(2)16(11-12)20-18(21)15-7-5-6-8-17(15)24-14(3)19(22)23-4/h5-11,14H,1-4H3,(H,20,21)/t14-/m0/s1. The number of carbonyl (C=O) groups is 2. The zero-order valence-corrected chi connectivity index (χ0v) is 15.1. The number of ether oxygens (including phenoxy) is 1. The van der Waals surface area contributed by atoms with Crippen molar-refractivity contribution in [2.24, 2.45) is 0 Å². The van der Waals surface area contributed by atoms with E-state index in [-0.39, 0.29) is 17.1 Å². The monoisotopic (exact) mass is 343 g/mol. The number of nitrogens with one attached hydrogen (secondary N) is 1. The van der Waals surface area contributed by atoms with Crippen molar-refractivity contribution in [3.05, 3.63) is 59.2 Å². The first-order valence-electron chi connectivity index (χ1n) is 7.64. The number of carbonyl (C=O) groups excluding carboxylic acids is 2. The van der Waals surface area contributed by atoms with Gasteiger partial charge in [-0.05, 0) is 50.1 Å². The number of rotatable bonds is 5. The fourth-order valence-corrected chi connectivity index (χ4v) is 3.24. The zero-order valence-electron chi connectivity index (χ0n) is 14.3. The summed E-state index contributed by atoms with van der Waals surface area (Å²) in [5.74, 6) is -0.506. The molecule has 0 heterocycles. The van der Waals surface area contributed by atoms with Crippen molar-refractivity contribution >= 4 is 29.3 Å². The SMILES string of the molecule is COC(=O)[C@H](C)Sc1ccccc1C(=O)Nc1cc(C)ccc1C. The van der Waals surface area contributed by atoms with Crippen LogP contribution < -0.4 is 5.32 Å². The molecule has 0 saturated heterocycles. The lowest BCUT2D eigenvalue weighted by molar-refractivity contribution is -0.139. The van der Waals surface area contributed by atoms with E-state index in [9.17, 15) is 9.59 Å². The van der Waals surface area contributed by atoms with Gasteiger partial charge in [-0.2, -0.15) is 0 Å². The summed E-state index contributed by atoms with van der Waals surface area (Å²) in [4.78, 5) is 25.1. The average Bonchev–Trinajstić information content (AvgIpc) is 2.57. The molecular formula is C19H21NO3S. The molecular weight excluding hydrogens is 322 g/mol. The number of hydrogen-bond acceptors (Lipinski definition) is 4. The fourth-order valence-electron chi connectivity index (χ4n) is 2.22. The summed E-state index contributed by atoms with van der Waals surface area (Å²) in [6.07, 6.45) is 0. The molecule has 0 radical (unpaired) electrons. The molecule has 2 rings (SSSR count). The summed E-state index contributed by atoms with van der Waals surface area (Å²) in [7, 11) is 1.36. The van der Waals surface area contributed by atoms with Crippen LogP contribution in [0.2, 0.25) is 0 Å². The van der Waals surface area contributed by atoms with Crippen molar-refractivity contribution in [1.82, 2.24) is 0 Å². The summed E-state index contributed by atoms with van der Waals surface area (Å²) >= 11 is 1.31. The van der Waals surface area contributed by atoms with Gasteiger partial charge in [0.2, 0.25) is 0 Å². The Kier molecular flexibility index (Phi) is 6.04. The van der Waals surface area contributed by atoms with Crippen molar-refractivity contribution in [1.29, 1.82) is 0 Å². The second kappa shape index (κ2) is 8.02. The van der Waals surface area contributed by atoms with E-state index < -0.39 is 0 Å². The molecule has 2 aromatic carbocycles. The minimum Gasteiger partial charge on any atom is -0.468 e. The number of benzene rings is 2. The minimum atomic E-state index is -0.385. The van der Waals surface area contributed by atoms with E-state index in [2.05, 4.69) is 5.32 Å². The largest absolute Gasteiger partial charge is 0.468 e. The smallest absolute Gasteiger partial charge is 0.318 e. The van der Waals surface area contributed by atoms with Gasteiger partial charge in [-0.1, -0.05) is 24.3 Å². The van der Waals surface area contributed by atoms with Crippen molar-refractivity contribution in [3.8, 4) is 0 Å². The summed E-state index contributed by atoms with van der Waals surface area (Å²) < 4.78 is 4.75. The van der Waals surface area contributed by atoms with Crippen LogP contribution in [0.3, 0.4) is 0 Å². The average molecular weight is 343 g/mol. The van der Waals surface area contributed by atoms with Crippen LogP contribution in [0, 0.1) is 13.8 Å². The number of amides is 1. The number of methoxy groups -OCH3 is 1. The van der Waals surface area contributed by atoms with Crippen LogP contribution in [-0.2, 0) is 9.53 Å². The van der Waals surface area contributed by atoms with Gasteiger partial charge in [0.15, 0.2) is 0 Å². The number of aryl methyl sites for hydroxylation is 2. The minimum absolute atomic E-state index is 0.191. The van der Waals surface area contributed by atoms with Gasteiger partial charge in [0.1, 0.15) is 5.25 Å². The lowest BCUT2D eigenvalue weighted by atomic mass is 10.1. The van der Waals surface area contributed by atoms with E-state index in [1.54, 1.807) is 13.0 Å². The molecule has 1 N–H and O–H groups in total. The Morgan fingerprint density at radius 1 is 1.12 bits per heavy atom. The van der Waals surface area contributed by atoms with Crippen molar-refractivity contribution in [2.75, 3.05) is 12.4 Å². The highest BCUT2D eigenvalue weighted by atomic mass is 32.2. The molecule has 0 bridgehead atoms. The Morgan fingerprint density at radius 3 is 2.54 bits per heavy atom. The van der Waals surface area contributed by atoms with Gasteiger partial charge in [-0.3, -0.25) is 9.59 Å². The van der Waals surface area contributed by atoms with Gasteiger partial charge >= 0.3 is 5.97 Å². The first kappa shape index (κ1) is 18.1. The predicted octanol–water partition coefficient (Wildman–Crippen LogP) is 4.21. The molecule has 0 aromatic heterocycles. The van der Waals surface area contributed by atoms with Crippen LogP contribution in [0.5, 0.6) is 0 Å². The first-order valence-corrected chi connectivity index (χ1v) is 8.52. The molecule has 0 saturated carbocycles. The Morgan fingerprint density at radius 2 is 1.83 bits per heavy atom. The van der Waals surface area contributed by atoms with E-state index in [1.165, 1.54) is 18.9 Å². The van der Waals surface area contributed by atoms with E-state index in [1.807, 2.05) is 50.2 Å². The quantitative estimate of drug-likeness (QED) is 0.653. The van der Waals surface area contributed by atoms with Gasteiger partial charge in [-0.25, -0.2) is 0 Å². The summed E-state index contributed by atoms with van der Waals surface area (Å²) in [5.41, 5.74) is 3.42. The topological polar surface area (TPSA) is 55.4 Å². The van der Waals surface area contributed by atoms with Crippen LogP contribution in [0.4, 0.5) is 5.69 Å². The second-order valence-electron chi connectivity index (χ2n) is 5.55. The maximum absolute atomic E-state index is 12.7. The molecule has 1 atom stereocenters. The van der Waals surface area contributed by atoms with Crippen molar-refractivity contribution in [2.45, 2.75) is 30.9 Å². The molecule has 0 unspecified atom stereocenters. The second-order valence-corrected chi connectivity index (χ2v) is 6.93. The molecule has 4 nitrogen and oxygen atoms in total. The molecule has 0 spiro atoms. The van der Waals surface area contributed by atoms with Gasteiger partial charge in [0.05, 0.1) is 12.7 Å². The predicted molar refractivity (Wildman–Crippen MR) is 97.6 cm³/mol. The van der Waals surface area contributed by atoms with Crippen LogP contribution >= 0.6 is 11.8 Å². The number of hydrogen-bond donors (Lipinski definition) is 1. The Bertz CT molecular complexity index is 758. The van der Waals surface area contributed by atoms with Crippen molar-refractivity contribution in [3.63, 3.8) is 0 Å². The molecule has 0 aliphatic rings. The first-order chi connectivity index (χ1) is 11.4. The maximum atomic E-state index is 12.7. The van der Waals surface area contributed by atoms with Crippen LogP contribution in [0.15, 0.2) is 47.4 Å². The van der Waals surface area contributed by atoms with E-state index >= 15 is 0 Å².